The van der Waals surface area contributed by atoms with E-state index in [0.29, 0.717) is 29.3 Å². The van der Waals surface area contributed by atoms with Crippen LogP contribution in [0.3, 0.4) is 0 Å². The molecule has 2 aliphatic rings. The lowest BCUT2D eigenvalue weighted by Crippen LogP contribution is -2.53. The van der Waals surface area contributed by atoms with Crippen LogP contribution in [-0.2, 0) is 20.4 Å². The molecule has 1 aromatic heterocycles. The predicted octanol–water partition coefficient (Wildman–Crippen LogP) is 1.64. The minimum Gasteiger partial charge on any atom is -0.474 e. The second-order valence-corrected chi connectivity index (χ2v) is 9.87. The van der Waals surface area contributed by atoms with Crippen LogP contribution in [0.4, 0.5) is 4.79 Å². The molecule has 0 spiro atoms. The molecule has 3 amide bonds. The smallest absolute Gasteiger partial charge is 0.322 e. The summed E-state index contributed by atoms with van der Waals surface area (Å²) in [4.78, 5) is 28.6. The quantitative estimate of drug-likeness (QED) is 0.627. The molecule has 11 heteroatoms. The second kappa shape index (κ2) is 8.45. The molecule has 164 valence electrons. The van der Waals surface area contributed by atoms with Crippen LogP contribution >= 0.6 is 11.6 Å². The first-order valence-corrected chi connectivity index (χ1v) is 11.7. The largest absolute Gasteiger partial charge is 0.474 e. The maximum absolute atomic E-state index is 13.2. The Morgan fingerprint density at radius 1 is 1.13 bits per heavy atom. The zero-order chi connectivity index (χ0) is 22.1. The number of nitrogens with one attached hydrogen (secondary N) is 2. The van der Waals surface area contributed by atoms with Gasteiger partial charge in [-0.05, 0) is 24.5 Å². The van der Waals surface area contributed by atoms with E-state index in [9.17, 15) is 18.0 Å². The average Bonchev–Trinajstić information content (AvgIpc) is 3.04. The minimum absolute atomic E-state index is 0.183. The van der Waals surface area contributed by atoms with Gasteiger partial charge in [0, 0.05) is 25.4 Å². The maximum Gasteiger partial charge on any atom is 0.322 e. The van der Waals surface area contributed by atoms with Crippen LogP contribution in [-0.4, -0.2) is 54.6 Å². The summed E-state index contributed by atoms with van der Waals surface area (Å²) < 4.78 is 33.6. The number of pyridine rings is 1. The van der Waals surface area contributed by atoms with E-state index in [1.54, 1.807) is 42.5 Å². The predicted molar refractivity (Wildman–Crippen MR) is 113 cm³/mol. The van der Waals surface area contributed by atoms with Crippen LogP contribution in [0.5, 0.6) is 5.88 Å². The van der Waals surface area contributed by atoms with Crippen LogP contribution < -0.4 is 15.4 Å². The fraction of sp³-hybridized carbons (Fsp3) is 0.350. The molecule has 2 saturated heterocycles. The number of aromatic nitrogens is 1. The molecule has 2 aliphatic heterocycles. The van der Waals surface area contributed by atoms with Crippen molar-refractivity contribution in [3.63, 3.8) is 0 Å². The van der Waals surface area contributed by atoms with Crippen LogP contribution in [0.15, 0.2) is 48.7 Å². The van der Waals surface area contributed by atoms with Crippen molar-refractivity contribution in [2.75, 3.05) is 18.8 Å². The van der Waals surface area contributed by atoms with Crippen molar-refractivity contribution in [3.8, 4) is 5.88 Å². The Hall–Kier alpha value is -2.69. The molecule has 0 radical (unpaired) electrons. The normalized spacial score (nSPS) is 22.7. The molecule has 31 heavy (non-hydrogen) atoms. The van der Waals surface area contributed by atoms with E-state index >= 15 is 0 Å². The van der Waals surface area contributed by atoms with Gasteiger partial charge in [0.2, 0.25) is 15.9 Å². The number of carbonyl (C=O) groups excluding carboxylic acids is 2. The third-order valence-electron chi connectivity index (χ3n) is 5.39. The highest BCUT2D eigenvalue weighted by Crippen LogP contribution is 2.29. The first-order chi connectivity index (χ1) is 14.8. The van der Waals surface area contributed by atoms with E-state index in [1.165, 1.54) is 10.5 Å². The lowest BCUT2D eigenvalue weighted by Gasteiger charge is -2.34. The summed E-state index contributed by atoms with van der Waals surface area (Å²) in [5.74, 6) is -0.815. The molecular formula is C20H21ClN4O5S. The Labute approximate surface area is 184 Å². The number of hydrogen-bond acceptors (Lipinski definition) is 6. The van der Waals surface area contributed by atoms with Crippen molar-refractivity contribution in [1.82, 2.24) is 19.9 Å². The van der Waals surface area contributed by atoms with Gasteiger partial charge in [0.1, 0.15) is 11.9 Å². The molecule has 0 aliphatic carbocycles. The molecule has 1 aromatic carbocycles. The molecule has 0 saturated carbocycles. The van der Waals surface area contributed by atoms with E-state index in [2.05, 4.69) is 15.6 Å². The number of hydrogen-bond donors (Lipinski definition) is 2. The number of ether oxygens (including phenoxy) is 1. The number of sulfonamides is 1. The fourth-order valence-electron chi connectivity index (χ4n) is 3.80. The number of nitrogens with zero attached hydrogens (tertiary/aromatic N) is 2. The van der Waals surface area contributed by atoms with E-state index < -0.39 is 33.3 Å². The van der Waals surface area contributed by atoms with Crippen molar-refractivity contribution in [2.45, 2.75) is 24.5 Å². The third-order valence-corrected chi connectivity index (χ3v) is 7.56. The summed E-state index contributed by atoms with van der Waals surface area (Å²) in [6.07, 6.45) is 2.25. The molecule has 2 aromatic rings. The van der Waals surface area contributed by atoms with Crippen molar-refractivity contribution >= 4 is 33.6 Å². The van der Waals surface area contributed by atoms with Gasteiger partial charge in [0.15, 0.2) is 5.54 Å². The summed E-state index contributed by atoms with van der Waals surface area (Å²) in [5, 5.41) is 5.19. The van der Waals surface area contributed by atoms with E-state index in [0.717, 1.165) is 0 Å². The van der Waals surface area contributed by atoms with Gasteiger partial charge in [-0.1, -0.05) is 41.9 Å². The van der Waals surface area contributed by atoms with E-state index in [1.807, 2.05) is 0 Å². The third kappa shape index (κ3) is 4.51. The van der Waals surface area contributed by atoms with Gasteiger partial charge in [0.05, 0.1) is 5.02 Å². The van der Waals surface area contributed by atoms with Crippen LogP contribution in [0.25, 0.3) is 0 Å². The van der Waals surface area contributed by atoms with Crippen molar-refractivity contribution in [2.24, 2.45) is 0 Å². The number of carbonyl (C=O) groups is 2. The molecule has 2 N–H and O–H groups in total. The molecule has 3 heterocycles. The van der Waals surface area contributed by atoms with E-state index in [-0.39, 0.29) is 19.2 Å². The summed E-state index contributed by atoms with van der Waals surface area (Å²) >= 11 is 5.82. The van der Waals surface area contributed by atoms with Gasteiger partial charge < -0.3 is 10.1 Å². The lowest BCUT2D eigenvalue weighted by atomic mass is 9.92. The maximum atomic E-state index is 13.2. The van der Waals surface area contributed by atoms with E-state index in [4.69, 9.17) is 16.3 Å². The highest BCUT2D eigenvalue weighted by Gasteiger charge is 2.51. The van der Waals surface area contributed by atoms with Crippen LogP contribution in [0, 0.1) is 0 Å². The highest BCUT2D eigenvalue weighted by atomic mass is 35.5. The number of halogens is 1. The van der Waals surface area contributed by atoms with Gasteiger partial charge in [-0.2, -0.15) is 0 Å². The molecule has 9 nitrogen and oxygen atoms in total. The minimum atomic E-state index is -3.86. The standard InChI is InChI=1S/C20H21ClN4O5S/c21-15-6-7-17(22-12-15)30-16-8-10-25(11-9-16)31(28,29)13-20(14-4-2-1-3-5-14)18(26)23-19(27)24-20/h1-7,12,16H,8-11,13H2,(H2,23,24,26,27). The lowest BCUT2D eigenvalue weighted by molar-refractivity contribution is -0.123. The molecule has 0 bridgehead atoms. The van der Waals surface area contributed by atoms with Gasteiger partial charge in [-0.15, -0.1) is 0 Å². The summed E-state index contributed by atoms with van der Waals surface area (Å²) in [6.45, 7) is 0.474. The topological polar surface area (TPSA) is 118 Å². The summed E-state index contributed by atoms with van der Waals surface area (Å²) in [7, 11) is -3.86. The second-order valence-electron chi connectivity index (χ2n) is 7.47. The summed E-state index contributed by atoms with van der Waals surface area (Å²) in [5.41, 5.74) is -1.26. The molecule has 2 fully saturated rings. The zero-order valence-corrected chi connectivity index (χ0v) is 18.0. The average molecular weight is 465 g/mol. The van der Waals surface area contributed by atoms with Crippen molar-refractivity contribution in [3.05, 3.63) is 59.2 Å². The first-order valence-electron chi connectivity index (χ1n) is 9.74. The van der Waals surface area contributed by atoms with Gasteiger partial charge >= 0.3 is 6.03 Å². The number of rotatable bonds is 6. The Kier molecular flexibility index (Phi) is 5.87. The van der Waals surface area contributed by atoms with Crippen LogP contribution in [0.2, 0.25) is 5.02 Å². The Balaban J connectivity index is 1.46. The first kappa shape index (κ1) is 21.5. The molecular weight excluding hydrogens is 444 g/mol. The molecule has 1 atom stereocenters. The Bertz CT molecular complexity index is 1070. The number of urea groups is 1. The highest BCUT2D eigenvalue weighted by molar-refractivity contribution is 7.89. The number of imide groups is 1. The number of benzene rings is 1. The Morgan fingerprint density at radius 2 is 1.84 bits per heavy atom. The van der Waals surface area contributed by atoms with Crippen LogP contribution in [0.1, 0.15) is 18.4 Å². The fourth-order valence-corrected chi connectivity index (χ4v) is 5.78. The monoisotopic (exact) mass is 464 g/mol. The Morgan fingerprint density at radius 3 is 2.42 bits per heavy atom. The molecule has 4 rings (SSSR count). The summed E-state index contributed by atoms with van der Waals surface area (Å²) in [6, 6.07) is 11.0. The number of amides is 3. The van der Waals surface area contributed by atoms with Crippen molar-refractivity contribution in [1.29, 1.82) is 0 Å². The SMILES string of the molecule is O=C1NC(=O)C(CS(=O)(=O)N2CCC(Oc3ccc(Cl)cn3)CC2)(c2ccccc2)N1. The van der Waals surface area contributed by atoms with Gasteiger partial charge in [-0.25, -0.2) is 22.5 Å². The molecule has 1 unspecified atom stereocenters. The number of piperidine rings is 1. The van der Waals surface area contributed by atoms with Gasteiger partial charge in [0.25, 0.3) is 5.91 Å². The van der Waals surface area contributed by atoms with Gasteiger partial charge in [-0.3, -0.25) is 10.1 Å². The van der Waals surface area contributed by atoms with Crippen molar-refractivity contribution < 1.29 is 22.7 Å². The zero-order valence-electron chi connectivity index (χ0n) is 16.5.